The minimum absolute atomic E-state index is 0.218. The summed E-state index contributed by atoms with van der Waals surface area (Å²) in [6.07, 6.45) is 0.588. The molecule has 0 aromatic heterocycles. The van der Waals surface area contributed by atoms with Gasteiger partial charge < -0.3 is 9.64 Å². The second kappa shape index (κ2) is 6.34. The van der Waals surface area contributed by atoms with E-state index in [1.807, 2.05) is 12.1 Å². The summed E-state index contributed by atoms with van der Waals surface area (Å²) in [5.74, 6) is -12.9. The third kappa shape index (κ3) is 2.81. The Labute approximate surface area is 139 Å². The number of ether oxygens (including phenoxy) is 1. The van der Waals surface area contributed by atoms with Gasteiger partial charge in [-0.1, -0.05) is 18.2 Å². The van der Waals surface area contributed by atoms with Crippen molar-refractivity contribution in [1.29, 1.82) is 0 Å². The number of fused-ring (bicyclic) bond motifs is 1. The fraction of sp³-hybridized carbons (Fsp3) is 0.235. The van der Waals surface area contributed by atoms with Crippen molar-refractivity contribution in [3.8, 4) is 5.75 Å². The van der Waals surface area contributed by atoms with Crippen LogP contribution in [0.1, 0.15) is 12.5 Å². The number of benzene rings is 2. The summed E-state index contributed by atoms with van der Waals surface area (Å²) in [7, 11) is 0. The van der Waals surface area contributed by atoms with Crippen LogP contribution in [0.4, 0.5) is 27.6 Å². The Bertz CT molecular complexity index is 826. The van der Waals surface area contributed by atoms with Crippen molar-refractivity contribution < 1.29 is 31.5 Å². The zero-order chi connectivity index (χ0) is 18.3. The molecule has 0 spiro atoms. The van der Waals surface area contributed by atoms with Gasteiger partial charge in [-0.25, -0.2) is 13.2 Å². The van der Waals surface area contributed by atoms with Crippen molar-refractivity contribution in [3.63, 3.8) is 0 Å². The Morgan fingerprint density at radius 2 is 1.60 bits per heavy atom. The molecule has 0 saturated carbocycles. The van der Waals surface area contributed by atoms with Crippen LogP contribution < -0.4 is 9.64 Å². The van der Waals surface area contributed by atoms with Crippen molar-refractivity contribution in [2.24, 2.45) is 0 Å². The lowest BCUT2D eigenvalue weighted by Crippen LogP contribution is -2.39. The lowest BCUT2D eigenvalue weighted by molar-refractivity contribution is -0.120. The number of amides is 1. The van der Waals surface area contributed by atoms with E-state index in [1.165, 1.54) is 4.90 Å². The third-order valence-electron chi connectivity index (χ3n) is 3.99. The predicted octanol–water partition coefficient (Wildman–Crippen LogP) is 3.74. The van der Waals surface area contributed by atoms with Gasteiger partial charge in [0.15, 0.2) is 12.4 Å². The second-order valence-corrected chi connectivity index (χ2v) is 5.63. The molecule has 3 nitrogen and oxygen atoms in total. The van der Waals surface area contributed by atoms with E-state index in [2.05, 4.69) is 4.74 Å². The van der Waals surface area contributed by atoms with E-state index >= 15 is 0 Å². The van der Waals surface area contributed by atoms with Crippen LogP contribution in [-0.4, -0.2) is 18.6 Å². The van der Waals surface area contributed by atoms with E-state index < -0.39 is 47.3 Å². The van der Waals surface area contributed by atoms with Crippen LogP contribution >= 0.6 is 0 Å². The maximum absolute atomic E-state index is 13.6. The summed E-state index contributed by atoms with van der Waals surface area (Å²) in [6.45, 7) is 0.910. The first-order valence-electron chi connectivity index (χ1n) is 7.37. The van der Waals surface area contributed by atoms with Crippen LogP contribution in [0.25, 0.3) is 0 Å². The Morgan fingerprint density at radius 3 is 2.24 bits per heavy atom. The average Bonchev–Trinajstić information content (AvgIpc) is 2.93. The summed E-state index contributed by atoms with van der Waals surface area (Å²) >= 11 is 0. The van der Waals surface area contributed by atoms with Crippen molar-refractivity contribution >= 4 is 11.6 Å². The molecule has 2 aromatic carbocycles. The van der Waals surface area contributed by atoms with Gasteiger partial charge in [-0.3, -0.25) is 4.79 Å². The molecule has 0 N–H and O–H groups in total. The molecule has 0 fully saturated rings. The molecule has 0 unspecified atom stereocenters. The van der Waals surface area contributed by atoms with E-state index in [9.17, 15) is 26.7 Å². The molecule has 132 valence electrons. The Hall–Kier alpha value is -2.64. The van der Waals surface area contributed by atoms with Crippen LogP contribution in [0, 0.1) is 29.1 Å². The van der Waals surface area contributed by atoms with Crippen LogP contribution in [0.15, 0.2) is 24.3 Å². The lowest BCUT2D eigenvalue weighted by Gasteiger charge is -2.23. The fourth-order valence-corrected chi connectivity index (χ4v) is 2.86. The molecule has 3 rings (SSSR count). The zero-order valence-electron chi connectivity index (χ0n) is 13.0. The smallest absolute Gasteiger partial charge is 0.265 e. The molecule has 0 bridgehead atoms. The van der Waals surface area contributed by atoms with Crippen LogP contribution in [0.5, 0.6) is 5.75 Å². The van der Waals surface area contributed by atoms with Gasteiger partial charge in [0, 0.05) is 11.7 Å². The minimum atomic E-state index is -2.28. The van der Waals surface area contributed by atoms with E-state index in [0.29, 0.717) is 12.1 Å². The summed E-state index contributed by atoms with van der Waals surface area (Å²) in [5.41, 5.74) is 1.54. The Kier molecular flexibility index (Phi) is 4.36. The quantitative estimate of drug-likeness (QED) is 0.476. The average molecular weight is 357 g/mol. The van der Waals surface area contributed by atoms with Crippen LogP contribution in [0.2, 0.25) is 0 Å². The SMILES string of the molecule is C[C@H]1Cc2ccccc2N1C(=O)COc1c(F)c(F)c(F)c(F)c1F. The number of rotatable bonds is 3. The van der Waals surface area contributed by atoms with Gasteiger partial charge in [0.2, 0.25) is 29.1 Å². The fourth-order valence-electron chi connectivity index (χ4n) is 2.86. The zero-order valence-corrected chi connectivity index (χ0v) is 13.0. The molecule has 2 aromatic rings. The molecule has 1 aliphatic heterocycles. The largest absolute Gasteiger partial charge is 0.477 e. The van der Waals surface area contributed by atoms with Crippen molar-refractivity contribution in [2.45, 2.75) is 19.4 Å². The maximum atomic E-state index is 13.6. The van der Waals surface area contributed by atoms with Crippen LogP contribution in [0.3, 0.4) is 0 Å². The van der Waals surface area contributed by atoms with Gasteiger partial charge in [0.25, 0.3) is 5.91 Å². The summed E-state index contributed by atoms with van der Waals surface area (Å²) in [5, 5.41) is 0. The van der Waals surface area contributed by atoms with E-state index in [1.54, 1.807) is 19.1 Å². The number of carbonyl (C=O) groups excluding carboxylic acids is 1. The molecule has 8 heteroatoms. The number of nitrogens with zero attached hydrogens (tertiary/aromatic N) is 1. The molecular formula is C17H12F5NO2. The lowest BCUT2D eigenvalue weighted by atomic mass is 10.1. The van der Waals surface area contributed by atoms with E-state index in [4.69, 9.17) is 0 Å². The van der Waals surface area contributed by atoms with Crippen molar-refractivity contribution in [2.75, 3.05) is 11.5 Å². The van der Waals surface area contributed by atoms with E-state index in [0.717, 1.165) is 5.56 Å². The monoisotopic (exact) mass is 357 g/mol. The molecule has 1 aliphatic rings. The normalized spacial score (nSPS) is 16.1. The molecule has 25 heavy (non-hydrogen) atoms. The Morgan fingerprint density at radius 1 is 1.04 bits per heavy atom. The molecule has 1 amide bonds. The highest BCUT2D eigenvalue weighted by molar-refractivity contribution is 5.97. The first kappa shape index (κ1) is 17.2. The maximum Gasteiger partial charge on any atom is 0.265 e. The molecule has 1 heterocycles. The number of halogens is 5. The summed E-state index contributed by atoms with van der Waals surface area (Å²) < 4.78 is 71.1. The van der Waals surface area contributed by atoms with Gasteiger partial charge >= 0.3 is 0 Å². The minimum Gasteiger partial charge on any atom is -0.477 e. The summed E-state index contributed by atoms with van der Waals surface area (Å²) in [6, 6.07) is 6.86. The molecule has 1 atom stereocenters. The predicted molar refractivity (Wildman–Crippen MR) is 78.8 cm³/mol. The molecule has 0 aliphatic carbocycles. The molecule has 0 radical (unpaired) electrons. The van der Waals surface area contributed by atoms with Crippen molar-refractivity contribution in [1.82, 2.24) is 0 Å². The number of hydrogen-bond donors (Lipinski definition) is 0. The van der Waals surface area contributed by atoms with Gasteiger partial charge in [-0.15, -0.1) is 0 Å². The number of hydrogen-bond acceptors (Lipinski definition) is 2. The first-order chi connectivity index (χ1) is 11.8. The highest BCUT2D eigenvalue weighted by Gasteiger charge is 2.32. The summed E-state index contributed by atoms with van der Waals surface area (Å²) in [4.78, 5) is 13.7. The van der Waals surface area contributed by atoms with Gasteiger partial charge in [0.05, 0.1) is 0 Å². The number of anilines is 1. The van der Waals surface area contributed by atoms with Crippen molar-refractivity contribution in [3.05, 3.63) is 58.9 Å². The first-order valence-corrected chi connectivity index (χ1v) is 7.37. The number of carbonyl (C=O) groups is 1. The second-order valence-electron chi connectivity index (χ2n) is 5.63. The topological polar surface area (TPSA) is 29.5 Å². The standard InChI is InChI=1S/C17H12F5NO2/c1-8-6-9-4-2-3-5-10(9)23(8)11(24)7-25-17-15(21)13(19)12(18)14(20)16(17)22/h2-5,8H,6-7H2,1H3/t8-/m0/s1. The van der Waals surface area contributed by atoms with Gasteiger partial charge in [-0.2, -0.15) is 8.78 Å². The Balaban J connectivity index is 1.83. The third-order valence-corrected chi connectivity index (χ3v) is 3.99. The van der Waals surface area contributed by atoms with Crippen LogP contribution in [-0.2, 0) is 11.2 Å². The van der Waals surface area contributed by atoms with E-state index in [-0.39, 0.29) is 6.04 Å². The molecule has 0 saturated heterocycles. The van der Waals surface area contributed by atoms with Gasteiger partial charge in [-0.05, 0) is 25.0 Å². The molecular weight excluding hydrogens is 345 g/mol. The van der Waals surface area contributed by atoms with Gasteiger partial charge in [0.1, 0.15) is 0 Å². The highest BCUT2D eigenvalue weighted by atomic mass is 19.2. The highest BCUT2D eigenvalue weighted by Crippen LogP contribution is 2.33. The number of para-hydroxylation sites is 1.